The monoisotopic (exact) mass is 423 g/mol. The normalized spacial score (nSPS) is 35.8. The summed E-state index contributed by atoms with van der Waals surface area (Å²) in [6, 6.07) is 0. The van der Waals surface area contributed by atoms with Crippen LogP contribution < -0.4 is 0 Å². The van der Waals surface area contributed by atoms with E-state index in [9.17, 15) is 4.79 Å². The molecule has 0 bridgehead atoms. The van der Waals surface area contributed by atoms with Gasteiger partial charge < -0.3 is 11.2 Å². The van der Waals surface area contributed by atoms with Gasteiger partial charge in [0.15, 0.2) is 0 Å². The number of carbonyl (C=O) groups excluding carboxylic acids is 1. The van der Waals surface area contributed by atoms with E-state index in [1.807, 2.05) is 0 Å². The van der Waals surface area contributed by atoms with Crippen LogP contribution in [0.2, 0.25) is 0 Å². The van der Waals surface area contributed by atoms with Gasteiger partial charge in [-0.25, -0.2) is 0 Å². The summed E-state index contributed by atoms with van der Waals surface area (Å²) < 4.78 is 0. The van der Waals surface area contributed by atoms with Crippen molar-refractivity contribution in [1.29, 1.82) is 0 Å². The predicted molar refractivity (Wildman–Crippen MR) is 43.5 cm³/mol. The van der Waals surface area contributed by atoms with E-state index in [4.69, 9.17) is 0 Å². The largest absolute Gasteiger partial charge is 0.542 e. The maximum atomic E-state index is 10.2. The minimum Gasteiger partial charge on any atom is -0.542 e. The van der Waals surface area contributed by atoms with Gasteiger partial charge in [-0.15, -0.1) is 6.42 Å². The van der Waals surface area contributed by atoms with Crippen molar-refractivity contribution in [3.63, 3.8) is 0 Å². The molecule has 13 heavy (non-hydrogen) atoms. The van der Waals surface area contributed by atoms with Crippen molar-refractivity contribution in [3.8, 4) is 0 Å². The molecule has 3 atom stereocenters. The zero-order valence-electron chi connectivity index (χ0n) is 7.74. The minimum absolute atomic E-state index is 0. The third-order valence-corrected chi connectivity index (χ3v) is 3.37. The quantitative estimate of drug-likeness (QED) is 0.623. The molecule has 0 aliphatic heterocycles. The summed E-state index contributed by atoms with van der Waals surface area (Å²) in [6.07, 6.45) is 10.3. The second-order valence-electron chi connectivity index (χ2n) is 3.87. The Kier molecular flexibility index (Phi) is 7.63. The number of hydrogen-bond donors (Lipinski definition) is 0. The van der Waals surface area contributed by atoms with Gasteiger partial charge in [0.2, 0.25) is 0 Å². The summed E-state index contributed by atoms with van der Waals surface area (Å²) in [5, 5.41) is 0. The number of hydrogen-bond acceptors (Lipinski definition) is 1. The van der Waals surface area contributed by atoms with Crippen LogP contribution in [0.25, 0.3) is 0 Å². The van der Waals surface area contributed by atoms with Crippen LogP contribution in [0, 0.1) is 24.2 Å². The second-order valence-corrected chi connectivity index (χ2v) is 3.87. The van der Waals surface area contributed by atoms with Crippen LogP contribution in [0.15, 0.2) is 0 Å². The summed E-state index contributed by atoms with van der Waals surface area (Å²) in [6.45, 7) is 0. The standard InChI is InChI=1S/C10H14O.W.Y/c11-7-6-9-5-4-8-2-1-3-10(8)9;;/h1,8-10H,2-6H2;;/q-2;;. The molecule has 0 aromatic heterocycles. The van der Waals surface area contributed by atoms with Gasteiger partial charge in [-0.1, -0.05) is 30.6 Å². The molecule has 2 saturated carbocycles. The molecule has 0 saturated heterocycles. The third-order valence-electron chi connectivity index (χ3n) is 3.37. The topological polar surface area (TPSA) is 17.1 Å². The first-order valence-electron chi connectivity index (χ1n) is 4.58. The summed E-state index contributed by atoms with van der Waals surface area (Å²) >= 11 is 0. The molecule has 2 aliphatic carbocycles. The van der Waals surface area contributed by atoms with E-state index in [1.54, 1.807) is 0 Å². The Labute approximate surface area is 120 Å². The van der Waals surface area contributed by atoms with E-state index < -0.39 is 0 Å². The molecule has 3 unspecified atom stereocenters. The maximum Gasteiger partial charge on any atom is 0 e. The molecule has 0 spiro atoms. The molecule has 1 nitrogen and oxygen atoms in total. The van der Waals surface area contributed by atoms with Crippen molar-refractivity contribution < 1.29 is 58.6 Å². The fourth-order valence-corrected chi connectivity index (χ4v) is 2.78. The van der Waals surface area contributed by atoms with Crippen LogP contribution in [0.3, 0.4) is 0 Å². The number of fused-ring (bicyclic) bond motifs is 1. The molecule has 2 rings (SSSR count). The fourth-order valence-electron chi connectivity index (χ4n) is 2.78. The first-order chi connectivity index (χ1) is 5.42. The maximum absolute atomic E-state index is 10.2. The average Bonchev–Trinajstić information content (AvgIpc) is 2.53. The SMILES string of the molecule is O=[C-]CC1CCC2C[CH-]CC12.[W].[Y]. The number of rotatable bonds is 2. The van der Waals surface area contributed by atoms with Gasteiger partial charge in [0.1, 0.15) is 0 Å². The molecule has 71 valence electrons. The summed E-state index contributed by atoms with van der Waals surface area (Å²) in [5.41, 5.74) is 0. The van der Waals surface area contributed by atoms with Crippen LogP contribution in [0.4, 0.5) is 0 Å². The van der Waals surface area contributed by atoms with E-state index in [0.717, 1.165) is 11.8 Å². The van der Waals surface area contributed by atoms with E-state index >= 15 is 0 Å². The molecule has 3 heteroatoms. The van der Waals surface area contributed by atoms with Crippen LogP contribution >= 0.6 is 0 Å². The molecule has 0 amide bonds. The van der Waals surface area contributed by atoms with E-state index in [1.165, 1.54) is 25.7 Å². The molecule has 0 aromatic carbocycles. The van der Waals surface area contributed by atoms with Crippen molar-refractivity contribution in [3.05, 3.63) is 6.42 Å². The van der Waals surface area contributed by atoms with E-state index in [-0.39, 0.29) is 53.8 Å². The summed E-state index contributed by atoms with van der Waals surface area (Å²) in [4.78, 5) is 10.2. The van der Waals surface area contributed by atoms with Crippen LogP contribution in [-0.4, -0.2) is 6.29 Å². The van der Waals surface area contributed by atoms with E-state index in [2.05, 4.69) is 12.7 Å². The first-order valence-corrected chi connectivity index (χ1v) is 4.58. The Hall–Kier alpha value is 1.46. The average molecular weight is 423 g/mol. The first kappa shape index (κ1) is 14.5. The zero-order chi connectivity index (χ0) is 7.68. The van der Waals surface area contributed by atoms with Crippen molar-refractivity contribution in [2.75, 3.05) is 0 Å². The van der Waals surface area contributed by atoms with Gasteiger partial charge in [0.05, 0.1) is 0 Å². The van der Waals surface area contributed by atoms with Gasteiger partial charge in [0, 0.05) is 53.8 Å². The van der Waals surface area contributed by atoms with Gasteiger partial charge in [-0.05, 0) is 0 Å². The van der Waals surface area contributed by atoms with Gasteiger partial charge in [0.25, 0.3) is 0 Å². The summed E-state index contributed by atoms with van der Waals surface area (Å²) in [5.74, 6) is 2.45. The van der Waals surface area contributed by atoms with E-state index in [0.29, 0.717) is 12.3 Å². The Morgan fingerprint density at radius 3 is 2.77 bits per heavy atom. The Balaban J connectivity index is 0.000000720. The molecule has 0 N–H and O–H groups in total. The molecular weight excluding hydrogens is 409 g/mol. The van der Waals surface area contributed by atoms with Crippen molar-refractivity contribution in [2.45, 2.75) is 32.1 Å². The Bertz CT molecular complexity index is 163. The van der Waals surface area contributed by atoms with Gasteiger partial charge >= 0.3 is 0 Å². The fraction of sp³-hybridized carbons (Fsp3) is 0.800. The van der Waals surface area contributed by atoms with Crippen molar-refractivity contribution in [2.24, 2.45) is 17.8 Å². The van der Waals surface area contributed by atoms with Gasteiger partial charge in [-0.2, -0.15) is 12.8 Å². The zero-order valence-corrected chi connectivity index (χ0v) is 13.5. The van der Waals surface area contributed by atoms with Crippen molar-refractivity contribution in [1.82, 2.24) is 0 Å². The van der Waals surface area contributed by atoms with Crippen LogP contribution in [0.1, 0.15) is 32.1 Å². The summed E-state index contributed by atoms with van der Waals surface area (Å²) in [7, 11) is 0. The molecule has 0 heterocycles. The Morgan fingerprint density at radius 2 is 2.08 bits per heavy atom. The predicted octanol–water partition coefficient (Wildman–Crippen LogP) is 2.12. The van der Waals surface area contributed by atoms with Crippen LogP contribution in [-0.2, 0) is 58.6 Å². The molecule has 0 aromatic rings. The Morgan fingerprint density at radius 1 is 1.31 bits per heavy atom. The molecular formula is C10H14OWY-2. The molecule has 2 aliphatic rings. The third kappa shape index (κ3) is 3.21. The van der Waals surface area contributed by atoms with Gasteiger partial charge in [-0.3, -0.25) is 6.29 Å². The molecule has 2 fully saturated rings. The van der Waals surface area contributed by atoms with Crippen molar-refractivity contribution >= 4 is 6.29 Å². The smallest absolute Gasteiger partial charge is 0 e. The van der Waals surface area contributed by atoms with Crippen LogP contribution in [0.5, 0.6) is 0 Å². The molecule has 1 radical (unpaired) electrons. The second kappa shape index (κ2) is 6.86. The minimum atomic E-state index is 0.